The number of rotatable bonds is 6. The largest absolute Gasteiger partial charge is 0.492 e. The molecule has 0 radical (unpaired) electrons. The van der Waals surface area contributed by atoms with Crippen LogP contribution in [0.15, 0.2) is 24.3 Å². The summed E-state index contributed by atoms with van der Waals surface area (Å²) in [4.78, 5) is 4.73. The second kappa shape index (κ2) is 8.48. The van der Waals surface area contributed by atoms with Crippen LogP contribution in [0.3, 0.4) is 0 Å². The lowest BCUT2D eigenvalue weighted by atomic mass is 9.89. The van der Waals surface area contributed by atoms with Crippen molar-refractivity contribution >= 4 is 0 Å². The summed E-state index contributed by atoms with van der Waals surface area (Å²) in [5.41, 5.74) is 0.586. The summed E-state index contributed by atoms with van der Waals surface area (Å²) in [6.45, 7) is 12.5. The summed E-state index contributed by atoms with van der Waals surface area (Å²) >= 11 is 0. The lowest BCUT2D eigenvalue weighted by molar-refractivity contribution is 0.0122. The van der Waals surface area contributed by atoms with E-state index < -0.39 is 0 Å². The Kier molecular flexibility index (Phi) is 6.61. The Balaban J connectivity index is 1.65. The number of hydrogen-bond acceptors (Lipinski definition) is 5. The summed E-state index contributed by atoms with van der Waals surface area (Å²) in [5, 5.41) is 19.0. The van der Waals surface area contributed by atoms with E-state index in [1.165, 1.54) is 0 Å². The first-order valence-electron chi connectivity index (χ1n) is 8.64. The van der Waals surface area contributed by atoms with Crippen molar-refractivity contribution < 1.29 is 9.84 Å². The van der Waals surface area contributed by atoms with Crippen LogP contribution in [0.4, 0.5) is 0 Å². The Morgan fingerprint density at radius 2 is 1.71 bits per heavy atom. The van der Waals surface area contributed by atoms with Crippen LogP contribution >= 0.6 is 0 Å². The van der Waals surface area contributed by atoms with Crippen LogP contribution in [0, 0.1) is 16.7 Å². The van der Waals surface area contributed by atoms with Crippen LogP contribution in [0.5, 0.6) is 5.75 Å². The molecule has 1 heterocycles. The number of aliphatic hydroxyl groups excluding tert-OH is 1. The average molecular weight is 331 g/mol. The van der Waals surface area contributed by atoms with Crippen molar-refractivity contribution in [2.75, 3.05) is 45.9 Å². The van der Waals surface area contributed by atoms with Gasteiger partial charge in [-0.2, -0.15) is 5.26 Å². The molecule has 0 spiro atoms. The third-order valence-electron chi connectivity index (χ3n) is 4.56. The van der Waals surface area contributed by atoms with Gasteiger partial charge in [0.25, 0.3) is 0 Å². The smallest absolute Gasteiger partial charge is 0.119 e. The molecular weight excluding hydrogens is 302 g/mol. The number of ether oxygens (including phenoxy) is 1. The van der Waals surface area contributed by atoms with Crippen molar-refractivity contribution in [2.45, 2.75) is 26.9 Å². The van der Waals surface area contributed by atoms with Gasteiger partial charge in [0.15, 0.2) is 0 Å². The van der Waals surface area contributed by atoms with E-state index in [-0.39, 0.29) is 11.5 Å². The van der Waals surface area contributed by atoms with Crippen molar-refractivity contribution in [2.24, 2.45) is 5.41 Å². The molecule has 0 saturated carbocycles. The van der Waals surface area contributed by atoms with Crippen LogP contribution in [0.1, 0.15) is 26.3 Å². The molecule has 2 rings (SSSR count). The molecule has 1 aliphatic rings. The quantitative estimate of drug-likeness (QED) is 0.863. The van der Waals surface area contributed by atoms with Crippen molar-refractivity contribution in [1.82, 2.24) is 9.80 Å². The minimum atomic E-state index is -0.288. The number of piperazine rings is 1. The summed E-state index contributed by atoms with van der Waals surface area (Å²) in [6, 6.07) is 9.32. The molecule has 0 amide bonds. The van der Waals surface area contributed by atoms with Gasteiger partial charge in [-0.15, -0.1) is 0 Å². The lowest BCUT2D eigenvalue weighted by Gasteiger charge is -2.37. The molecule has 0 aromatic heterocycles. The van der Waals surface area contributed by atoms with E-state index in [1.54, 1.807) is 12.1 Å². The zero-order valence-corrected chi connectivity index (χ0v) is 15.0. The molecule has 1 N–H and O–H groups in total. The number of nitriles is 1. The highest BCUT2D eigenvalue weighted by Crippen LogP contribution is 2.20. The second-order valence-corrected chi connectivity index (χ2v) is 7.51. The van der Waals surface area contributed by atoms with Gasteiger partial charge in [-0.05, 0) is 29.7 Å². The minimum Gasteiger partial charge on any atom is -0.492 e. The number of benzene rings is 1. The Bertz CT molecular complexity index is 537. The first-order chi connectivity index (χ1) is 11.4. The fraction of sp³-hybridized carbons (Fsp3) is 0.632. The average Bonchev–Trinajstić information content (AvgIpc) is 2.56. The predicted octanol–water partition coefficient (Wildman–Crippen LogP) is 1.96. The Morgan fingerprint density at radius 3 is 2.25 bits per heavy atom. The summed E-state index contributed by atoms with van der Waals surface area (Å²) in [7, 11) is 0. The van der Waals surface area contributed by atoms with Crippen LogP contribution in [0.25, 0.3) is 0 Å². The minimum absolute atomic E-state index is 0.0634. The lowest BCUT2D eigenvalue weighted by Crippen LogP contribution is -2.50. The molecule has 1 atom stereocenters. The van der Waals surface area contributed by atoms with E-state index in [9.17, 15) is 5.11 Å². The first-order valence-corrected chi connectivity index (χ1v) is 8.64. The predicted molar refractivity (Wildman–Crippen MR) is 95.0 cm³/mol. The van der Waals surface area contributed by atoms with Gasteiger partial charge in [0.05, 0.1) is 17.7 Å². The molecule has 1 aromatic rings. The van der Waals surface area contributed by atoms with Gasteiger partial charge >= 0.3 is 0 Å². The highest BCUT2D eigenvalue weighted by molar-refractivity contribution is 5.34. The monoisotopic (exact) mass is 331 g/mol. The van der Waals surface area contributed by atoms with Crippen molar-refractivity contribution in [3.05, 3.63) is 29.8 Å². The third-order valence-corrected chi connectivity index (χ3v) is 4.56. The van der Waals surface area contributed by atoms with E-state index in [1.807, 2.05) is 12.1 Å². The molecule has 1 aromatic carbocycles. The fourth-order valence-electron chi connectivity index (χ4n) is 2.63. The van der Waals surface area contributed by atoms with E-state index >= 15 is 0 Å². The molecule has 0 bridgehead atoms. The molecule has 1 saturated heterocycles. The Labute approximate surface area is 145 Å². The maximum absolute atomic E-state index is 10.2. The topological polar surface area (TPSA) is 59.7 Å². The van der Waals surface area contributed by atoms with Gasteiger partial charge < -0.3 is 9.84 Å². The zero-order chi connectivity index (χ0) is 17.6. The highest BCUT2D eigenvalue weighted by atomic mass is 16.5. The number of hydrogen-bond donors (Lipinski definition) is 1. The molecule has 24 heavy (non-hydrogen) atoms. The van der Waals surface area contributed by atoms with Crippen LogP contribution in [-0.2, 0) is 0 Å². The number of nitrogens with zero attached hydrogens (tertiary/aromatic N) is 3. The van der Waals surface area contributed by atoms with Gasteiger partial charge in [-0.3, -0.25) is 9.80 Å². The summed E-state index contributed by atoms with van der Waals surface area (Å²) in [6.07, 6.45) is -0.288. The van der Waals surface area contributed by atoms with Crippen LogP contribution < -0.4 is 4.74 Å². The van der Waals surface area contributed by atoms with E-state index in [0.29, 0.717) is 12.2 Å². The standard InChI is InChI=1S/C19H29N3O2/c1-19(2,3)18(23)15-22-10-8-21(9-11-22)12-13-24-17-6-4-16(14-20)5-7-17/h4-7,18,23H,8-13,15H2,1-3H3. The van der Waals surface area contributed by atoms with Crippen LogP contribution in [-0.4, -0.2) is 66.9 Å². The Morgan fingerprint density at radius 1 is 1.12 bits per heavy atom. The normalized spacial score (nSPS) is 18.1. The zero-order valence-electron chi connectivity index (χ0n) is 15.0. The molecule has 1 aliphatic heterocycles. The maximum atomic E-state index is 10.2. The molecular formula is C19H29N3O2. The summed E-state index contributed by atoms with van der Waals surface area (Å²) < 4.78 is 5.74. The number of β-amino-alcohol motifs (C(OH)–C–C–N with tert-alkyl or cyclic N) is 1. The first kappa shape index (κ1) is 18.7. The number of aliphatic hydroxyl groups is 1. The highest BCUT2D eigenvalue weighted by Gasteiger charge is 2.26. The SMILES string of the molecule is CC(C)(C)C(O)CN1CCN(CCOc2ccc(C#N)cc2)CC1. The van der Waals surface area contributed by atoms with Gasteiger partial charge in [-0.1, -0.05) is 20.8 Å². The molecule has 5 heteroatoms. The summed E-state index contributed by atoms with van der Waals surface area (Å²) in [5.74, 6) is 0.806. The second-order valence-electron chi connectivity index (χ2n) is 7.51. The molecule has 5 nitrogen and oxygen atoms in total. The van der Waals surface area contributed by atoms with Crippen LogP contribution in [0.2, 0.25) is 0 Å². The van der Waals surface area contributed by atoms with Gasteiger partial charge in [0, 0.05) is 39.3 Å². The van der Waals surface area contributed by atoms with Crippen molar-refractivity contribution in [1.29, 1.82) is 5.26 Å². The maximum Gasteiger partial charge on any atom is 0.119 e. The van der Waals surface area contributed by atoms with Gasteiger partial charge in [0.2, 0.25) is 0 Å². The molecule has 1 unspecified atom stereocenters. The van der Waals surface area contributed by atoms with E-state index in [2.05, 4.69) is 36.6 Å². The Hall–Kier alpha value is -1.61. The van der Waals surface area contributed by atoms with Crippen molar-refractivity contribution in [3.63, 3.8) is 0 Å². The molecule has 0 aliphatic carbocycles. The van der Waals surface area contributed by atoms with Gasteiger partial charge in [0.1, 0.15) is 12.4 Å². The van der Waals surface area contributed by atoms with E-state index in [4.69, 9.17) is 10.00 Å². The van der Waals surface area contributed by atoms with Gasteiger partial charge in [-0.25, -0.2) is 0 Å². The third kappa shape index (κ3) is 5.79. The van der Waals surface area contributed by atoms with E-state index in [0.717, 1.165) is 45.0 Å². The fourth-order valence-corrected chi connectivity index (χ4v) is 2.63. The molecule has 132 valence electrons. The molecule has 1 fully saturated rings. The van der Waals surface area contributed by atoms with Crippen molar-refractivity contribution in [3.8, 4) is 11.8 Å².